The summed E-state index contributed by atoms with van der Waals surface area (Å²) in [6, 6.07) is 17.9. The maximum Gasteiger partial charge on any atom is 0.191 e. The van der Waals surface area contributed by atoms with Crippen LogP contribution in [0.4, 0.5) is 0 Å². The fraction of sp³-hybridized carbons (Fsp3) is 0.0870. The number of aromatic nitrogens is 5. The van der Waals surface area contributed by atoms with Crippen molar-refractivity contribution in [3.8, 4) is 5.69 Å². The summed E-state index contributed by atoms with van der Waals surface area (Å²) in [5.74, 6) is -0.0733. The Morgan fingerprint density at radius 2 is 1.72 bits per heavy atom. The van der Waals surface area contributed by atoms with Gasteiger partial charge in [0.1, 0.15) is 5.65 Å². The maximum absolute atomic E-state index is 13.0. The lowest BCUT2D eigenvalue weighted by atomic mass is 10.1. The van der Waals surface area contributed by atoms with Crippen molar-refractivity contribution < 1.29 is 4.79 Å². The number of imidazole rings is 1. The van der Waals surface area contributed by atoms with Gasteiger partial charge in [0.05, 0.1) is 34.2 Å². The van der Waals surface area contributed by atoms with Crippen LogP contribution in [0.1, 0.15) is 21.6 Å². The Balaban J connectivity index is 1.51. The van der Waals surface area contributed by atoms with Crippen LogP contribution in [0.25, 0.3) is 28.4 Å². The van der Waals surface area contributed by atoms with Crippen molar-refractivity contribution in [2.45, 2.75) is 6.92 Å². The van der Waals surface area contributed by atoms with Gasteiger partial charge in [0, 0.05) is 18.8 Å². The summed E-state index contributed by atoms with van der Waals surface area (Å²) in [7, 11) is 1.96. The van der Waals surface area contributed by atoms with Crippen molar-refractivity contribution in [3.05, 3.63) is 89.9 Å². The highest BCUT2D eigenvalue weighted by atomic mass is 16.1. The highest BCUT2D eigenvalue weighted by molar-refractivity contribution is 6.12. The van der Waals surface area contributed by atoms with E-state index in [1.807, 2.05) is 83.8 Å². The minimum Gasteiger partial charge on any atom is -0.327 e. The normalized spacial score (nSPS) is 11.8. The van der Waals surface area contributed by atoms with Crippen LogP contribution >= 0.6 is 0 Å². The number of benzene rings is 2. The number of carbonyl (C=O) groups is 1. The molecule has 0 fully saturated rings. The molecular weight excluding hydrogens is 362 g/mol. The summed E-state index contributed by atoms with van der Waals surface area (Å²) in [6.45, 7) is 1.87. The number of hydrogen-bond acceptors (Lipinski definition) is 3. The summed E-state index contributed by atoms with van der Waals surface area (Å²) in [4.78, 5) is 13.0. The lowest BCUT2D eigenvalue weighted by Crippen LogP contribution is -1.99. The molecule has 6 heteroatoms. The Kier molecular flexibility index (Phi) is 3.91. The molecule has 0 N–H and O–H groups in total. The standard InChI is InChI=1S/C23H19N5O/c1-16-22(23-26(2)19-10-6-7-11-20(19)28(23)25-16)21(29)13-12-17-14-24-27(15-17)18-8-4-3-5-9-18/h3-15H,1-2H3/b13-12+. The molecule has 0 amide bonds. The first-order valence-electron chi connectivity index (χ1n) is 9.39. The van der Waals surface area contributed by atoms with Gasteiger partial charge < -0.3 is 4.57 Å². The zero-order valence-corrected chi connectivity index (χ0v) is 16.1. The largest absolute Gasteiger partial charge is 0.327 e. The predicted octanol–water partition coefficient (Wildman–Crippen LogP) is 4.22. The van der Waals surface area contributed by atoms with E-state index in [0.717, 1.165) is 33.6 Å². The number of rotatable bonds is 4. The zero-order valence-electron chi connectivity index (χ0n) is 16.1. The number of fused-ring (bicyclic) bond motifs is 3. The molecule has 0 spiro atoms. The van der Waals surface area contributed by atoms with E-state index in [-0.39, 0.29) is 5.78 Å². The first kappa shape index (κ1) is 17.2. The van der Waals surface area contributed by atoms with Gasteiger partial charge >= 0.3 is 0 Å². The van der Waals surface area contributed by atoms with E-state index in [1.165, 1.54) is 0 Å². The molecule has 0 aliphatic heterocycles. The number of allylic oxidation sites excluding steroid dienone is 1. The molecule has 0 aliphatic carbocycles. The Labute approximate surface area is 167 Å². The predicted molar refractivity (Wildman–Crippen MR) is 113 cm³/mol. The molecule has 0 bridgehead atoms. The maximum atomic E-state index is 13.0. The smallest absolute Gasteiger partial charge is 0.191 e. The topological polar surface area (TPSA) is 57.1 Å². The lowest BCUT2D eigenvalue weighted by molar-refractivity contribution is 0.104. The van der Waals surface area contributed by atoms with Crippen molar-refractivity contribution in [1.29, 1.82) is 0 Å². The van der Waals surface area contributed by atoms with Gasteiger partial charge in [-0.25, -0.2) is 9.20 Å². The van der Waals surface area contributed by atoms with Crippen LogP contribution in [0, 0.1) is 6.92 Å². The molecule has 5 aromatic rings. The second kappa shape index (κ2) is 6.60. The highest BCUT2D eigenvalue weighted by Crippen LogP contribution is 2.25. The number of hydrogen-bond donors (Lipinski definition) is 0. The number of para-hydroxylation sites is 3. The first-order valence-corrected chi connectivity index (χ1v) is 9.39. The fourth-order valence-corrected chi connectivity index (χ4v) is 3.72. The molecule has 3 aromatic heterocycles. The zero-order chi connectivity index (χ0) is 20.0. The van der Waals surface area contributed by atoms with Crippen molar-refractivity contribution in [2.24, 2.45) is 7.05 Å². The molecule has 2 aromatic carbocycles. The van der Waals surface area contributed by atoms with Gasteiger partial charge in [0.25, 0.3) is 0 Å². The van der Waals surface area contributed by atoms with E-state index in [4.69, 9.17) is 0 Å². The van der Waals surface area contributed by atoms with Crippen LogP contribution < -0.4 is 0 Å². The molecule has 0 atom stereocenters. The Morgan fingerprint density at radius 3 is 2.52 bits per heavy atom. The van der Waals surface area contributed by atoms with Gasteiger partial charge in [0.2, 0.25) is 0 Å². The highest BCUT2D eigenvalue weighted by Gasteiger charge is 2.20. The number of aryl methyl sites for hydroxylation is 2. The van der Waals surface area contributed by atoms with Gasteiger partial charge in [-0.2, -0.15) is 10.2 Å². The summed E-state index contributed by atoms with van der Waals surface area (Å²) in [5, 5.41) is 8.98. The minimum absolute atomic E-state index is 0.0733. The number of nitrogens with zero attached hydrogens (tertiary/aromatic N) is 5. The van der Waals surface area contributed by atoms with Crippen molar-refractivity contribution in [3.63, 3.8) is 0 Å². The summed E-state index contributed by atoms with van der Waals surface area (Å²) in [5.41, 5.74) is 6.01. The second-order valence-electron chi connectivity index (χ2n) is 6.99. The third-order valence-electron chi connectivity index (χ3n) is 5.12. The van der Waals surface area contributed by atoms with Crippen LogP contribution in [0.2, 0.25) is 0 Å². The van der Waals surface area contributed by atoms with E-state index in [2.05, 4.69) is 10.2 Å². The van der Waals surface area contributed by atoms with Crippen molar-refractivity contribution in [2.75, 3.05) is 0 Å². The molecule has 0 aliphatic rings. The molecular formula is C23H19N5O. The first-order chi connectivity index (χ1) is 14.1. The lowest BCUT2D eigenvalue weighted by Gasteiger charge is -1.99. The van der Waals surface area contributed by atoms with E-state index < -0.39 is 0 Å². The molecule has 6 nitrogen and oxygen atoms in total. The Morgan fingerprint density at radius 1 is 1.00 bits per heavy atom. The van der Waals surface area contributed by atoms with Gasteiger partial charge in [0.15, 0.2) is 5.78 Å². The SMILES string of the molecule is Cc1nn2c3ccccc3n(C)c2c1C(=O)/C=C/c1cnn(-c2ccccc2)c1. The summed E-state index contributed by atoms with van der Waals surface area (Å²) < 4.78 is 5.65. The molecule has 0 radical (unpaired) electrons. The average molecular weight is 381 g/mol. The molecule has 142 valence electrons. The monoisotopic (exact) mass is 381 g/mol. The van der Waals surface area contributed by atoms with Gasteiger partial charge in [-0.3, -0.25) is 4.79 Å². The second-order valence-corrected chi connectivity index (χ2v) is 6.99. The molecule has 5 rings (SSSR count). The van der Waals surface area contributed by atoms with Gasteiger partial charge in [-0.05, 0) is 43.3 Å². The molecule has 3 heterocycles. The quantitative estimate of drug-likeness (QED) is 0.346. The van der Waals surface area contributed by atoms with E-state index in [0.29, 0.717) is 5.56 Å². The minimum atomic E-state index is -0.0733. The van der Waals surface area contributed by atoms with E-state index >= 15 is 0 Å². The van der Waals surface area contributed by atoms with Crippen LogP contribution in [0.3, 0.4) is 0 Å². The number of ketones is 1. The number of carbonyl (C=O) groups excluding carboxylic acids is 1. The average Bonchev–Trinajstić information content (AvgIpc) is 3.42. The van der Waals surface area contributed by atoms with Crippen LogP contribution in [0.5, 0.6) is 0 Å². The third-order valence-corrected chi connectivity index (χ3v) is 5.12. The molecule has 0 saturated carbocycles. The molecule has 0 unspecified atom stereocenters. The van der Waals surface area contributed by atoms with E-state index in [9.17, 15) is 4.79 Å². The van der Waals surface area contributed by atoms with Crippen LogP contribution in [0.15, 0.2) is 73.1 Å². The van der Waals surface area contributed by atoms with Crippen molar-refractivity contribution >= 4 is 28.5 Å². The fourth-order valence-electron chi connectivity index (χ4n) is 3.72. The van der Waals surface area contributed by atoms with Gasteiger partial charge in [-0.15, -0.1) is 0 Å². The van der Waals surface area contributed by atoms with Gasteiger partial charge in [-0.1, -0.05) is 30.3 Å². The molecule has 29 heavy (non-hydrogen) atoms. The Hall–Kier alpha value is -3.93. The summed E-state index contributed by atoms with van der Waals surface area (Å²) in [6.07, 6.45) is 7.03. The third kappa shape index (κ3) is 2.77. The Bertz CT molecular complexity index is 1390. The molecule has 0 saturated heterocycles. The van der Waals surface area contributed by atoms with Crippen LogP contribution in [-0.4, -0.2) is 29.7 Å². The van der Waals surface area contributed by atoms with Crippen molar-refractivity contribution in [1.82, 2.24) is 24.0 Å². The van der Waals surface area contributed by atoms with Crippen LogP contribution in [-0.2, 0) is 7.05 Å². The van der Waals surface area contributed by atoms with E-state index in [1.54, 1.807) is 23.0 Å². The summed E-state index contributed by atoms with van der Waals surface area (Å²) >= 11 is 0.